The van der Waals surface area contributed by atoms with Crippen LogP contribution < -0.4 is 4.74 Å². The minimum atomic E-state index is -0.935. The van der Waals surface area contributed by atoms with E-state index in [-0.39, 0.29) is 23.9 Å². The van der Waals surface area contributed by atoms with Crippen LogP contribution in [0.1, 0.15) is 46.8 Å². The van der Waals surface area contributed by atoms with Crippen LogP contribution in [0.4, 0.5) is 4.39 Å². The Labute approximate surface area is 215 Å². The van der Waals surface area contributed by atoms with Gasteiger partial charge in [-0.05, 0) is 66.8 Å². The van der Waals surface area contributed by atoms with Gasteiger partial charge in [-0.15, -0.1) is 0 Å². The van der Waals surface area contributed by atoms with E-state index in [2.05, 4.69) is 0 Å². The summed E-state index contributed by atoms with van der Waals surface area (Å²) in [6.45, 7) is 2.60. The van der Waals surface area contributed by atoms with E-state index in [9.17, 15) is 19.1 Å². The van der Waals surface area contributed by atoms with E-state index in [4.69, 9.17) is 16.3 Å². The molecule has 7 heteroatoms. The Morgan fingerprint density at radius 1 is 1.06 bits per heavy atom. The summed E-state index contributed by atoms with van der Waals surface area (Å²) in [5.41, 5.74) is 2.92. The number of amides is 1. The number of aryl methyl sites for hydroxylation is 1. The number of fused-ring (bicyclic) bond motifs is 1. The maximum absolute atomic E-state index is 13.5. The van der Waals surface area contributed by atoms with Crippen molar-refractivity contribution in [1.29, 1.82) is 0 Å². The normalized spacial score (nSPS) is 16.3. The maximum Gasteiger partial charge on any atom is 0.305 e. The molecule has 188 valence electrons. The first-order chi connectivity index (χ1) is 17.2. The van der Waals surface area contributed by atoms with Crippen LogP contribution in [0.3, 0.4) is 0 Å². The molecule has 0 spiro atoms. The van der Waals surface area contributed by atoms with Crippen LogP contribution in [0, 0.1) is 5.82 Å². The summed E-state index contributed by atoms with van der Waals surface area (Å²) in [4.78, 5) is 26.2. The zero-order chi connectivity index (χ0) is 25.7. The second kappa shape index (κ2) is 11.1. The van der Waals surface area contributed by atoms with Crippen LogP contribution in [0.25, 0.3) is 0 Å². The largest absolute Gasteiger partial charge is 0.487 e. The van der Waals surface area contributed by atoms with Crippen LogP contribution in [-0.4, -0.2) is 40.6 Å². The minimum Gasteiger partial charge on any atom is -0.487 e. The number of hydrogen-bond acceptors (Lipinski definition) is 3. The highest BCUT2D eigenvalue weighted by molar-refractivity contribution is 6.30. The molecular formula is C29H29ClFNO4. The zero-order valence-electron chi connectivity index (χ0n) is 20.2. The number of rotatable bonds is 10. The van der Waals surface area contributed by atoms with Crippen molar-refractivity contribution in [2.75, 3.05) is 13.1 Å². The molecule has 36 heavy (non-hydrogen) atoms. The summed E-state index contributed by atoms with van der Waals surface area (Å²) in [6, 6.07) is 20.0. The average Bonchev–Trinajstić information content (AvgIpc) is 3.18. The van der Waals surface area contributed by atoms with Crippen LogP contribution >= 0.6 is 11.6 Å². The van der Waals surface area contributed by atoms with Gasteiger partial charge in [0.15, 0.2) is 0 Å². The van der Waals surface area contributed by atoms with Crippen LogP contribution in [0.15, 0.2) is 66.7 Å². The van der Waals surface area contributed by atoms with Gasteiger partial charge >= 0.3 is 5.97 Å². The molecular weight excluding hydrogens is 481 g/mol. The first kappa shape index (κ1) is 25.7. The van der Waals surface area contributed by atoms with Gasteiger partial charge in [-0.25, -0.2) is 4.39 Å². The molecule has 1 N–H and O–H groups in total. The third-order valence-corrected chi connectivity index (χ3v) is 6.70. The molecule has 0 aliphatic carbocycles. The number of ether oxygens (including phenoxy) is 1. The number of carboxylic acids is 1. The Morgan fingerprint density at radius 3 is 2.56 bits per heavy atom. The van der Waals surface area contributed by atoms with Crippen molar-refractivity contribution in [2.45, 2.75) is 44.6 Å². The van der Waals surface area contributed by atoms with Crippen molar-refractivity contribution in [2.24, 2.45) is 0 Å². The number of aliphatic carboxylic acids is 1. The zero-order valence-corrected chi connectivity index (χ0v) is 20.9. The monoisotopic (exact) mass is 509 g/mol. The number of halogens is 2. The van der Waals surface area contributed by atoms with Gasteiger partial charge < -0.3 is 14.7 Å². The summed E-state index contributed by atoms with van der Waals surface area (Å²) >= 11 is 5.94. The first-order valence-electron chi connectivity index (χ1n) is 12.0. The predicted molar refractivity (Wildman–Crippen MR) is 137 cm³/mol. The van der Waals surface area contributed by atoms with Gasteiger partial charge in [0.05, 0.1) is 11.4 Å². The highest BCUT2D eigenvalue weighted by Gasteiger charge is 2.35. The topological polar surface area (TPSA) is 66.8 Å². The fraction of sp³-hybridized carbons (Fsp3) is 0.310. The Morgan fingerprint density at radius 2 is 1.83 bits per heavy atom. The molecule has 1 aliphatic heterocycles. The third kappa shape index (κ3) is 6.43. The minimum absolute atomic E-state index is 0.0770. The van der Waals surface area contributed by atoms with Crippen molar-refractivity contribution in [3.63, 3.8) is 0 Å². The van der Waals surface area contributed by atoms with E-state index in [1.165, 1.54) is 11.6 Å². The molecule has 0 fully saturated rings. The van der Waals surface area contributed by atoms with Crippen molar-refractivity contribution >= 4 is 23.5 Å². The Bertz CT molecular complexity index is 1250. The van der Waals surface area contributed by atoms with Crippen LogP contribution in [-0.2, 0) is 24.1 Å². The smallest absolute Gasteiger partial charge is 0.305 e. The van der Waals surface area contributed by atoms with Gasteiger partial charge in [-0.2, -0.15) is 0 Å². The average molecular weight is 510 g/mol. The van der Waals surface area contributed by atoms with Crippen molar-refractivity contribution in [3.05, 3.63) is 99.8 Å². The lowest BCUT2D eigenvalue weighted by Gasteiger charge is -2.24. The number of benzene rings is 3. The Hall–Kier alpha value is -3.38. The maximum atomic E-state index is 13.5. The molecule has 1 heterocycles. The van der Waals surface area contributed by atoms with Crippen LogP contribution in [0.2, 0.25) is 5.02 Å². The van der Waals surface area contributed by atoms with Gasteiger partial charge in [0.2, 0.25) is 0 Å². The van der Waals surface area contributed by atoms with Crippen molar-refractivity contribution < 1.29 is 23.8 Å². The SMILES string of the molecule is CC1(Cc2ccc(F)c(Cl)c2)Cc2cc(C(=O)N(CCCc3ccccc3)CCC(=O)O)ccc2O1. The predicted octanol–water partition coefficient (Wildman–Crippen LogP) is 5.97. The molecule has 0 aromatic heterocycles. The van der Waals surface area contributed by atoms with E-state index < -0.39 is 17.4 Å². The summed E-state index contributed by atoms with van der Waals surface area (Å²) in [7, 11) is 0. The standard InChI is InChI=1S/C29H29ClFNO4/c1-29(18-21-9-11-25(31)24(30)16-21)19-23-17-22(10-12-26(23)36-29)28(35)32(15-13-27(33)34)14-5-8-20-6-3-2-4-7-20/h2-4,6-7,9-12,16-17H,5,8,13-15,18-19H2,1H3,(H,33,34). The Kier molecular flexibility index (Phi) is 7.94. The van der Waals surface area contributed by atoms with Gasteiger partial charge in [-0.3, -0.25) is 9.59 Å². The molecule has 3 aromatic rings. The number of carbonyl (C=O) groups excluding carboxylic acids is 1. The lowest BCUT2D eigenvalue weighted by molar-refractivity contribution is -0.137. The molecule has 0 bridgehead atoms. The summed E-state index contributed by atoms with van der Waals surface area (Å²) in [6.07, 6.45) is 2.56. The van der Waals surface area contributed by atoms with Gasteiger partial charge in [-0.1, -0.05) is 48.0 Å². The lowest BCUT2D eigenvalue weighted by atomic mass is 9.91. The van der Waals surface area contributed by atoms with Gasteiger partial charge in [0.25, 0.3) is 5.91 Å². The second-order valence-corrected chi connectivity index (χ2v) is 9.91. The molecule has 4 rings (SSSR count). The molecule has 0 saturated heterocycles. The quantitative estimate of drug-likeness (QED) is 0.366. The number of nitrogens with zero attached hydrogens (tertiary/aromatic N) is 1. The highest BCUT2D eigenvalue weighted by atomic mass is 35.5. The second-order valence-electron chi connectivity index (χ2n) is 9.50. The molecule has 1 unspecified atom stereocenters. The molecule has 1 amide bonds. The molecule has 0 radical (unpaired) electrons. The Balaban J connectivity index is 1.45. The van der Waals surface area contributed by atoms with E-state index in [1.54, 1.807) is 29.2 Å². The third-order valence-electron chi connectivity index (χ3n) is 6.41. The van der Waals surface area contributed by atoms with Gasteiger partial charge in [0.1, 0.15) is 17.2 Å². The molecule has 0 saturated carbocycles. The van der Waals surface area contributed by atoms with E-state index in [0.29, 0.717) is 30.7 Å². The molecule has 1 aliphatic rings. The fourth-order valence-electron chi connectivity index (χ4n) is 4.68. The number of hydrogen-bond donors (Lipinski definition) is 1. The number of carboxylic acid groups (broad SMARTS) is 1. The summed E-state index contributed by atoms with van der Waals surface area (Å²) in [5, 5.41) is 9.25. The molecule has 3 aromatic carbocycles. The first-order valence-corrected chi connectivity index (χ1v) is 12.4. The highest BCUT2D eigenvalue weighted by Crippen LogP contribution is 2.38. The number of carbonyl (C=O) groups is 2. The summed E-state index contributed by atoms with van der Waals surface area (Å²) in [5.74, 6) is -0.870. The van der Waals surface area contributed by atoms with Crippen molar-refractivity contribution in [3.8, 4) is 5.75 Å². The van der Waals surface area contributed by atoms with Crippen LogP contribution in [0.5, 0.6) is 5.75 Å². The van der Waals surface area contributed by atoms with Crippen molar-refractivity contribution in [1.82, 2.24) is 4.90 Å². The lowest BCUT2D eigenvalue weighted by Crippen LogP contribution is -2.34. The summed E-state index contributed by atoms with van der Waals surface area (Å²) < 4.78 is 19.8. The molecule has 5 nitrogen and oxygen atoms in total. The van der Waals surface area contributed by atoms with E-state index in [1.807, 2.05) is 43.3 Å². The van der Waals surface area contributed by atoms with E-state index in [0.717, 1.165) is 24.0 Å². The fourth-order valence-corrected chi connectivity index (χ4v) is 4.88. The van der Waals surface area contributed by atoms with Gasteiger partial charge in [0, 0.05) is 31.5 Å². The molecule has 1 atom stereocenters. The van der Waals surface area contributed by atoms with E-state index >= 15 is 0 Å².